The van der Waals surface area contributed by atoms with Crippen molar-refractivity contribution in [3.8, 4) is 0 Å². The average Bonchev–Trinajstić information content (AvgIpc) is 2.86. The number of anilines is 1. The largest absolute Gasteiger partial charge is 0.380 e. The molecule has 0 spiro atoms. The molecule has 1 aliphatic carbocycles. The second kappa shape index (κ2) is 4.49. The van der Waals surface area contributed by atoms with Crippen LogP contribution in [0.2, 0.25) is 0 Å². The second-order valence-corrected chi connectivity index (χ2v) is 5.78. The van der Waals surface area contributed by atoms with Crippen molar-refractivity contribution in [2.24, 2.45) is 0 Å². The van der Waals surface area contributed by atoms with Crippen LogP contribution in [0, 0.1) is 6.92 Å². The molecule has 0 aromatic carbocycles. The van der Waals surface area contributed by atoms with E-state index in [0.29, 0.717) is 0 Å². The van der Waals surface area contributed by atoms with Crippen molar-refractivity contribution in [2.45, 2.75) is 32.7 Å². The van der Waals surface area contributed by atoms with Gasteiger partial charge in [-0.1, -0.05) is 0 Å². The molecular weight excluding hydrogens is 228 g/mol. The Labute approximate surface area is 106 Å². The first-order chi connectivity index (χ1) is 8.31. The van der Waals surface area contributed by atoms with E-state index < -0.39 is 0 Å². The van der Waals surface area contributed by atoms with Gasteiger partial charge in [0.2, 0.25) is 0 Å². The van der Waals surface area contributed by atoms with Crippen LogP contribution in [0.15, 0.2) is 24.4 Å². The van der Waals surface area contributed by atoms with Gasteiger partial charge in [-0.2, -0.15) is 0 Å². The predicted molar refractivity (Wildman–Crippen MR) is 72.6 cm³/mol. The number of pyridine rings is 1. The van der Waals surface area contributed by atoms with Crippen LogP contribution in [0.3, 0.4) is 0 Å². The van der Waals surface area contributed by atoms with Gasteiger partial charge < -0.3 is 5.32 Å². The zero-order chi connectivity index (χ0) is 11.7. The van der Waals surface area contributed by atoms with Crippen molar-refractivity contribution in [3.63, 3.8) is 0 Å². The van der Waals surface area contributed by atoms with Crippen LogP contribution in [0.25, 0.3) is 0 Å². The minimum atomic E-state index is 0.932. The normalized spacial score (nSPS) is 13.7. The molecule has 88 valence electrons. The van der Waals surface area contributed by atoms with Crippen molar-refractivity contribution in [3.05, 3.63) is 45.4 Å². The molecule has 3 heteroatoms. The van der Waals surface area contributed by atoms with Gasteiger partial charge in [-0.15, -0.1) is 11.3 Å². The molecule has 0 saturated carbocycles. The minimum absolute atomic E-state index is 0.932. The molecule has 1 aliphatic rings. The van der Waals surface area contributed by atoms with Gasteiger partial charge in [-0.3, -0.25) is 4.98 Å². The van der Waals surface area contributed by atoms with Crippen LogP contribution in [0.4, 0.5) is 5.69 Å². The van der Waals surface area contributed by atoms with E-state index in [-0.39, 0.29) is 0 Å². The van der Waals surface area contributed by atoms with Crippen LogP contribution in [-0.2, 0) is 19.4 Å². The number of nitrogens with one attached hydrogen (secondary N) is 1. The third-order valence-electron chi connectivity index (χ3n) is 3.16. The van der Waals surface area contributed by atoms with Crippen molar-refractivity contribution in [1.82, 2.24) is 4.98 Å². The van der Waals surface area contributed by atoms with Crippen LogP contribution in [0.1, 0.15) is 27.4 Å². The van der Waals surface area contributed by atoms with Crippen LogP contribution < -0.4 is 5.32 Å². The predicted octanol–water partition coefficient (Wildman–Crippen LogP) is 3.55. The second-order valence-electron chi connectivity index (χ2n) is 4.55. The van der Waals surface area contributed by atoms with Crippen molar-refractivity contribution in [1.29, 1.82) is 0 Å². The Kier molecular flexibility index (Phi) is 2.85. The van der Waals surface area contributed by atoms with E-state index in [1.807, 2.05) is 30.5 Å². The molecule has 2 aromatic heterocycles. The minimum Gasteiger partial charge on any atom is -0.380 e. The molecule has 0 bridgehead atoms. The summed E-state index contributed by atoms with van der Waals surface area (Å²) in [5.74, 6) is 0. The lowest BCUT2D eigenvalue weighted by Gasteiger charge is -2.05. The zero-order valence-electron chi connectivity index (χ0n) is 9.99. The third kappa shape index (κ3) is 2.34. The average molecular weight is 244 g/mol. The highest BCUT2D eigenvalue weighted by molar-refractivity contribution is 7.12. The summed E-state index contributed by atoms with van der Waals surface area (Å²) in [5, 5.41) is 3.46. The first-order valence-corrected chi connectivity index (χ1v) is 6.90. The Morgan fingerprint density at radius 1 is 1.35 bits per heavy atom. The Morgan fingerprint density at radius 3 is 3.12 bits per heavy atom. The van der Waals surface area contributed by atoms with Crippen molar-refractivity contribution >= 4 is 17.0 Å². The van der Waals surface area contributed by atoms with Crippen molar-refractivity contribution < 1.29 is 0 Å². The monoisotopic (exact) mass is 244 g/mol. The number of thiophene rings is 1. The van der Waals surface area contributed by atoms with Gasteiger partial charge in [0.1, 0.15) is 0 Å². The SMILES string of the molecule is Cc1cc(NCc2cc3c(s2)CCC3)ccn1. The molecule has 2 heterocycles. The molecule has 2 nitrogen and oxygen atoms in total. The first-order valence-electron chi connectivity index (χ1n) is 6.08. The molecule has 0 aliphatic heterocycles. The van der Waals surface area contributed by atoms with Gasteiger partial charge >= 0.3 is 0 Å². The summed E-state index contributed by atoms with van der Waals surface area (Å²) in [5.41, 5.74) is 3.80. The number of aromatic nitrogens is 1. The summed E-state index contributed by atoms with van der Waals surface area (Å²) in [4.78, 5) is 7.25. The Balaban J connectivity index is 1.67. The molecule has 2 aromatic rings. The molecule has 17 heavy (non-hydrogen) atoms. The number of rotatable bonds is 3. The molecule has 0 unspecified atom stereocenters. The molecule has 0 amide bonds. The zero-order valence-corrected chi connectivity index (χ0v) is 10.8. The molecule has 0 radical (unpaired) electrons. The molecule has 0 atom stereocenters. The van der Waals surface area contributed by atoms with E-state index in [9.17, 15) is 0 Å². The maximum atomic E-state index is 4.20. The van der Waals surface area contributed by atoms with Gasteiger partial charge in [0, 0.05) is 33.9 Å². The standard InChI is InChI=1S/C14H16N2S/c1-10-7-12(5-6-15-10)16-9-13-8-11-3-2-4-14(11)17-13/h5-8H,2-4,9H2,1H3,(H,15,16). The summed E-state index contributed by atoms with van der Waals surface area (Å²) < 4.78 is 0. The molecular formula is C14H16N2S. The number of aryl methyl sites for hydroxylation is 3. The summed E-state index contributed by atoms with van der Waals surface area (Å²) in [6.45, 7) is 2.95. The lowest BCUT2D eigenvalue weighted by Crippen LogP contribution is -1.98. The Bertz CT molecular complexity index is 509. The maximum absolute atomic E-state index is 4.20. The number of hydrogen-bond acceptors (Lipinski definition) is 3. The van der Waals surface area contributed by atoms with Crippen LogP contribution >= 0.6 is 11.3 Å². The van der Waals surface area contributed by atoms with Gasteiger partial charge in [0.15, 0.2) is 0 Å². The highest BCUT2D eigenvalue weighted by Crippen LogP contribution is 2.30. The molecule has 0 fully saturated rings. The quantitative estimate of drug-likeness (QED) is 0.893. The van der Waals surface area contributed by atoms with E-state index in [1.54, 1.807) is 10.4 Å². The van der Waals surface area contributed by atoms with Crippen LogP contribution in [-0.4, -0.2) is 4.98 Å². The number of fused-ring (bicyclic) bond motifs is 1. The first kappa shape index (κ1) is 10.8. The number of hydrogen-bond donors (Lipinski definition) is 1. The van der Waals surface area contributed by atoms with Gasteiger partial charge in [-0.25, -0.2) is 0 Å². The smallest absolute Gasteiger partial charge is 0.0494 e. The van der Waals surface area contributed by atoms with Gasteiger partial charge in [0.05, 0.1) is 0 Å². The third-order valence-corrected chi connectivity index (χ3v) is 4.40. The Morgan fingerprint density at radius 2 is 2.29 bits per heavy atom. The highest BCUT2D eigenvalue weighted by atomic mass is 32.1. The van der Waals surface area contributed by atoms with Gasteiger partial charge in [-0.05, 0) is 49.9 Å². The number of nitrogens with zero attached hydrogens (tertiary/aromatic N) is 1. The topological polar surface area (TPSA) is 24.9 Å². The van der Waals surface area contributed by atoms with E-state index in [4.69, 9.17) is 0 Å². The summed E-state index contributed by atoms with van der Waals surface area (Å²) in [7, 11) is 0. The summed E-state index contributed by atoms with van der Waals surface area (Å²) in [6, 6.07) is 6.48. The van der Waals surface area contributed by atoms with E-state index >= 15 is 0 Å². The van der Waals surface area contributed by atoms with E-state index in [0.717, 1.165) is 17.9 Å². The van der Waals surface area contributed by atoms with Crippen molar-refractivity contribution in [2.75, 3.05) is 5.32 Å². The molecule has 3 rings (SSSR count). The van der Waals surface area contributed by atoms with Gasteiger partial charge in [0.25, 0.3) is 0 Å². The lowest BCUT2D eigenvalue weighted by atomic mass is 10.2. The summed E-state index contributed by atoms with van der Waals surface area (Å²) >= 11 is 1.97. The molecule has 0 saturated heterocycles. The highest BCUT2D eigenvalue weighted by Gasteiger charge is 2.14. The fourth-order valence-corrected chi connectivity index (χ4v) is 3.52. The van der Waals surface area contributed by atoms with Crippen LogP contribution in [0.5, 0.6) is 0 Å². The summed E-state index contributed by atoms with van der Waals surface area (Å²) in [6.07, 6.45) is 5.76. The fourth-order valence-electron chi connectivity index (χ4n) is 2.32. The lowest BCUT2D eigenvalue weighted by molar-refractivity contribution is 0.913. The molecule has 1 N–H and O–H groups in total. The fraction of sp³-hybridized carbons (Fsp3) is 0.357. The van der Waals surface area contributed by atoms with E-state index in [2.05, 4.69) is 22.4 Å². The Hall–Kier alpha value is -1.35. The maximum Gasteiger partial charge on any atom is 0.0494 e. The van der Waals surface area contributed by atoms with E-state index in [1.165, 1.54) is 24.1 Å².